The van der Waals surface area contributed by atoms with Crippen molar-refractivity contribution in [2.45, 2.75) is 38.0 Å². The molecule has 0 amide bonds. The summed E-state index contributed by atoms with van der Waals surface area (Å²) in [5.41, 5.74) is 0.510. The third kappa shape index (κ3) is 3.79. The van der Waals surface area contributed by atoms with Crippen LogP contribution in [0.1, 0.15) is 19.4 Å². The number of benzene rings is 1. The lowest BCUT2D eigenvalue weighted by Gasteiger charge is -2.36. The first-order chi connectivity index (χ1) is 8.45. The SMILES string of the molecule is CC(C)(O)C1CN[C@@H](Cc2ccc(Br)cc2)CO1. The predicted molar refractivity (Wildman–Crippen MR) is 75.7 cm³/mol. The molecule has 3 nitrogen and oxygen atoms in total. The van der Waals surface area contributed by atoms with Crippen molar-refractivity contribution >= 4 is 15.9 Å². The Morgan fingerprint density at radius 2 is 2.06 bits per heavy atom. The fourth-order valence-electron chi connectivity index (χ4n) is 2.11. The molecule has 1 aliphatic heterocycles. The van der Waals surface area contributed by atoms with Gasteiger partial charge in [-0.3, -0.25) is 0 Å². The first-order valence-electron chi connectivity index (χ1n) is 6.27. The van der Waals surface area contributed by atoms with E-state index in [2.05, 4.69) is 45.5 Å². The van der Waals surface area contributed by atoms with Gasteiger partial charge in [-0.05, 0) is 38.0 Å². The third-order valence-electron chi connectivity index (χ3n) is 3.27. The highest BCUT2D eigenvalue weighted by molar-refractivity contribution is 9.10. The normalized spacial score (nSPS) is 25.1. The summed E-state index contributed by atoms with van der Waals surface area (Å²) in [5.74, 6) is 0. The van der Waals surface area contributed by atoms with Gasteiger partial charge >= 0.3 is 0 Å². The molecule has 100 valence electrons. The average molecular weight is 314 g/mol. The van der Waals surface area contributed by atoms with Crippen molar-refractivity contribution in [1.82, 2.24) is 5.32 Å². The number of nitrogens with one attached hydrogen (secondary N) is 1. The first kappa shape index (κ1) is 14.0. The summed E-state index contributed by atoms with van der Waals surface area (Å²) in [7, 11) is 0. The second-order valence-electron chi connectivity index (χ2n) is 5.41. The molecule has 1 aromatic rings. The molecule has 0 bridgehead atoms. The molecule has 0 radical (unpaired) electrons. The van der Waals surface area contributed by atoms with Gasteiger partial charge in [-0.25, -0.2) is 0 Å². The van der Waals surface area contributed by atoms with Crippen molar-refractivity contribution in [2.75, 3.05) is 13.2 Å². The molecule has 0 saturated carbocycles. The average Bonchev–Trinajstić information content (AvgIpc) is 2.32. The van der Waals surface area contributed by atoms with Crippen LogP contribution in [-0.4, -0.2) is 36.0 Å². The number of aliphatic hydroxyl groups is 1. The van der Waals surface area contributed by atoms with E-state index >= 15 is 0 Å². The number of hydrogen-bond donors (Lipinski definition) is 2. The third-order valence-corrected chi connectivity index (χ3v) is 3.80. The van der Waals surface area contributed by atoms with Crippen molar-refractivity contribution < 1.29 is 9.84 Å². The summed E-state index contributed by atoms with van der Waals surface area (Å²) >= 11 is 3.43. The van der Waals surface area contributed by atoms with Crippen LogP contribution in [0.3, 0.4) is 0 Å². The maximum atomic E-state index is 9.88. The van der Waals surface area contributed by atoms with Gasteiger partial charge in [-0.2, -0.15) is 0 Å². The van der Waals surface area contributed by atoms with Gasteiger partial charge < -0.3 is 15.2 Å². The van der Waals surface area contributed by atoms with Gasteiger partial charge in [0.05, 0.1) is 18.3 Å². The predicted octanol–water partition coefficient (Wildman–Crippen LogP) is 2.12. The Morgan fingerprint density at radius 3 is 2.56 bits per heavy atom. The van der Waals surface area contributed by atoms with Crippen LogP contribution in [0.2, 0.25) is 0 Å². The topological polar surface area (TPSA) is 41.5 Å². The molecule has 2 atom stereocenters. The van der Waals surface area contributed by atoms with Crippen LogP contribution in [-0.2, 0) is 11.2 Å². The van der Waals surface area contributed by atoms with Crippen LogP contribution >= 0.6 is 15.9 Å². The zero-order valence-corrected chi connectivity index (χ0v) is 12.4. The van der Waals surface area contributed by atoms with Gasteiger partial charge in [0, 0.05) is 17.1 Å². The van der Waals surface area contributed by atoms with E-state index < -0.39 is 5.60 Å². The summed E-state index contributed by atoms with van der Waals surface area (Å²) in [5, 5.41) is 13.3. The molecule has 2 N–H and O–H groups in total. The quantitative estimate of drug-likeness (QED) is 0.898. The largest absolute Gasteiger partial charge is 0.388 e. The minimum Gasteiger partial charge on any atom is -0.388 e. The molecule has 2 rings (SSSR count). The van der Waals surface area contributed by atoms with Crippen LogP contribution in [0.15, 0.2) is 28.7 Å². The maximum absolute atomic E-state index is 9.88. The molecule has 1 unspecified atom stereocenters. The van der Waals surface area contributed by atoms with Gasteiger partial charge in [0.1, 0.15) is 0 Å². The van der Waals surface area contributed by atoms with Crippen LogP contribution < -0.4 is 5.32 Å². The molecule has 1 heterocycles. The molecule has 0 aromatic heterocycles. The van der Waals surface area contributed by atoms with E-state index in [1.54, 1.807) is 13.8 Å². The summed E-state index contributed by atoms with van der Waals surface area (Å²) in [6.45, 7) is 4.91. The van der Waals surface area contributed by atoms with Gasteiger partial charge in [0.2, 0.25) is 0 Å². The van der Waals surface area contributed by atoms with Gasteiger partial charge in [-0.15, -0.1) is 0 Å². The summed E-state index contributed by atoms with van der Waals surface area (Å²) < 4.78 is 6.83. The number of ether oxygens (including phenoxy) is 1. The Balaban J connectivity index is 1.85. The van der Waals surface area contributed by atoms with E-state index in [4.69, 9.17) is 4.74 Å². The van der Waals surface area contributed by atoms with Gasteiger partial charge in [0.25, 0.3) is 0 Å². The lowest BCUT2D eigenvalue weighted by atomic mass is 9.98. The van der Waals surface area contributed by atoms with Crippen LogP contribution in [0.4, 0.5) is 0 Å². The Bertz CT molecular complexity index is 378. The van der Waals surface area contributed by atoms with E-state index in [9.17, 15) is 5.11 Å². The fraction of sp³-hybridized carbons (Fsp3) is 0.571. The van der Waals surface area contributed by atoms with Crippen molar-refractivity contribution in [3.63, 3.8) is 0 Å². The standard InChI is InChI=1S/C14H20BrNO2/c1-14(2,17)13-8-16-12(9-18-13)7-10-3-5-11(15)6-4-10/h3-6,12-13,16-17H,7-9H2,1-2H3/t12-,13?/m0/s1. The number of hydrogen-bond acceptors (Lipinski definition) is 3. The Morgan fingerprint density at radius 1 is 1.39 bits per heavy atom. The molecule has 1 saturated heterocycles. The molecule has 1 fully saturated rings. The molecule has 0 aliphatic carbocycles. The van der Waals surface area contributed by atoms with Crippen molar-refractivity contribution in [2.24, 2.45) is 0 Å². The molecule has 1 aromatic carbocycles. The summed E-state index contributed by atoms with van der Waals surface area (Å²) in [4.78, 5) is 0. The molecule has 4 heteroatoms. The van der Waals surface area contributed by atoms with E-state index in [1.807, 2.05) is 0 Å². The molecular weight excluding hydrogens is 294 g/mol. The number of morpholine rings is 1. The molecule has 0 spiro atoms. The van der Waals surface area contributed by atoms with Crippen molar-refractivity contribution in [3.05, 3.63) is 34.3 Å². The van der Waals surface area contributed by atoms with E-state index in [0.717, 1.165) is 10.9 Å². The van der Waals surface area contributed by atoms with Crippen LogP contribution in [0.5, 0.6) is 0 Å². The smallest absolute Gasteiger partial charge is 0.0981 e. The zero-order valence-electron chi connectivity index (χ0n) is 10.8. The zero-order chi connectivity index (χ0) is 13.2. The first-order valence-corrected chi connectivity index (χ1v) is 7.06. The van der Waals surface area contributed by atoms with E-state index in [0.29, 0.717) is 19.2 Å². The Labute approximate surface area is 117 Å². The van der Waals surface area contributed by atoms with Gasteiger partial charge in [-0.1, -0.05) is 28.1 Å². The van der Waals surface area contributed by atoms with E-state index in [-0.39, 0.29) is 6.10 Å². The monoisotopic (exact) mass is 313 g/mol. The number of halogens is 1. The molecular formula is C14H20BrNO2. The molecule has 1 aliphatic rings. The highest BCUT2D eigenvalue weighted by Gasteiger charge is 2.31. The van der Waals surface area contributed by atoms with Crippen LogP contribution in [0, 0.1) is 0 Å². The van der Waals surface area contributed by atoms with Crippen molar-refractivity contribution in [1.29, 1.82) is 0 Å². The summed E-state index contributed by atoms with van der Waals surface area (Å²) in [6, 6.07) is 8.67. The lowest BCUT2D eigenvalue weighted by Crippen LogP contribution is -2.54. The van der Waals surface area contributed by atoms with Crippen molar-refractivity contribution in [3.8, 4) is 0 Å². The second kappa shape index (κ2) is 5.70. The van der Waals surface area contributed by atoms with E-state index in [1.165, 1.54) is 5.56 Å². The highest BCUT2D eigenvalue weighted by atomic mass is 79.9. The highest BCUT2D eigenvalue weighted by Crippen LogP contribution is 2.17. The Hall–Kier alpha value is -0.420. The summed E-state index contributed by atoms with van der Waals surface area (Å²) in [6.07, 6.45) is 0.824. The maximum Gasteiger partial charge on any atom is 0.0981 e. The second-order valence-corrected chi connectivity index (χ2v) is 6.33. The number of rotatable bonds is 3. The minimum absolute atomic E-state index is 0.126. The van der Waals surface area contributed by atoms with Crippen LogP contribution in [0.25, 0.3) is 0 Å². The fourth-order valence-corrected chi connectivity index (χ4v) is 2.38. The molecule has 18 heavy (non-hydrogen) atoms. The lowest BCUT2D eigenvalue weighted by molar-refractivity contribution is -0.109. The van der Waals surface area contributed by atoms with Gasteiger partial charge in [0.15, 0.2) is 0 Å². The minimum atomic E-state index is -0.782. The Kier molecular flexibility index (Phi) is 4.43.